The largest absolute Gasteiger partial charge is 0.493 e. The van der Waals surface area contributed by atoms with Gasteiger partial charge in [0.05, 0.1) is 21.3 Å². The number of primary amides is 1. The molecule has 10 heteroatoms. The number of aryl methyl sites for hydroxylation is 1. The fourth-order valence-electron chi connectivity index (χ4n) is 3.32. The molecule has 0 unspecified atom stereocenters. The molecular weight excluding hydrogens is 405 g/mol. The molecule has 3 aromatic rings. The molecule has 0 bridgehead atoms. The highest BCUT2D eigenvalue weighted by atomic mass is 19.1. The van der Waals surface area contributed by atoms with Gasteiger partial charge in [0.15, 0.2) is 22.8 Å². The van der Waals surface area contributed by atoms with Gasteiger partial charge in [-0.1, -0.05) is 0 Å². The number of ether oxygens (including phenoxy) is 3. The van der Waals surface area contributed by atoms with Crippen molar-refractivity contribution in [2.45, 2.75) is 25.8 Å². The molecule has 0 radical (unpaired) electrons. The fourth-order valence-corrected chi connectivity index (χ4v) is 3.32. The van der Waals surface area contributed by atoms with E-state index in [1.54, 1.807) is 16.7 Å². The Hall–Kier alpha value is -3.87. The summed E-state index contributed by atoms with van der Waals surface area (Å²) in [6.45, 7) is 0.426. The van der Waals surface area contributed by atoms with Crippen LogP contribution in [0.3, 0.4) is 0 Å². The number of halogens is 1. The second-order valence-corrected chi connectivity index (χ2v) is 6.58. The Labute approximate surface area is 178 Å². The van der Waals surface area contributed by atoms with Crippen LogP contribution >= 0.6 is 0 Å². The average molecular weight is 427 g/mol. The molecule has 162 valence electrons. The smallest absolute Gasteiger partial charge is 0.311 e. The Morgan fingerprint density at radius 2 is 1.84 bits per heavy atom. The van der Waals surface area contributed by atoms with E-state index >= 15 is 0 Å². The number of fused-ring (bicyclic) bond motifs is 1. The molecule has 2 aromatic heterocycles. The van der Waals surface area contributed by atoms with Crippen LogP contribution in [-0.4, -0.2) is 46.8 Å². The van der Waals surface area contributed by atoms with E-state index in [9.17, 15) is 9.18 Å². The van der Waals surface area contributed by atoms with Gasteiger partial charge >= 0.3 is 6.08 Å². The van der Waals surface area contributed by atoms with Gasteiger partial charge in [0.1, 0.15) is 11.3 Å². The van der Waals surface area contributed by atoms with Crippen molar-refractivity contribution < 1.29 is 23.4 Å². The Morgan fingerprint density at radius 3 is 2.39 bits per heavy atom. The van der Waals surface area contributed by atoms with E-state index in [-0.39, 0.29) is 16.9 Å². The number of benzene rings is 1. The minimum atomic E-state index is -1.06. The Morgan fingerprint density at radius 1 is 1.16 bits per heavy atom. The summed E-state index contributed by atoms with van der Waals surface area (Å²) < 4.78 is 31.9. The molecule has 1 aromatic carbocycles. The molecule has 0 spiro atoms. The number of carbonyl (C=O) groups excluding carboxylic acids is 1. The minimum Gasteiger partial charge on any atom is -0.493 e. The first-order valence-electron chi connectivity index (χ1n) is 9.38. The molecule has 1 amide bonds. The van der Waals surface area contributed by atoms with Crippen LogP contribution in [0.1, 0.15) is 34.7 Å². The van der Waals surface area contributed by atoms with E-state index < -0.39 is 12.0 Å². The number of amides is 1. The van der Waals surface area contributed by atoms with Crippen LogP contribution in [0.25, 0.3) is 11.2 Å². The van der Waals surface area contributed by atoms with E-state index in [2.05, 4.69) is 20.9 Å². The Kier molecular flexibility index (Phi) is 6.55. The molecular formula is C21H22FN5O4. The van der Waals surface area contributed by atoms with E-state index in [1.807, 2.05) is 0 Å². The second-order valence-electron chi connectivity index (χ2n) is 6.58. The molecule has 9 nitrogen and oxygen atoms in total. The number of hydrogen-bond acceptors (Lipinski definition) is 7. The quantitative estimate of drug-likeness (QED) is 0.316. The normalized spacial score (nSPS) is 10.7. The molecule has 0 saturated heterocycles. The summed E-state index contributed by atoms with van der Waals surface area (Å²) in [6.07, 6.45) is 5.74. The van der Waals surface area contributed by atoms with Crippen LogP contribution in [0.5, 0.6) is 17.2 Å². The topological polar surface area (TPSA) is 114 Å². The van der Waals surface area contributed by atoms with E-state index in [0.717, 1.165) is 5.56 Å². The number of aromatic nitrogens is 4. The van der Waals surface area contributed by atoms with E-state index in [4.69, 9.17) is 26.4 Å². The van der Waals surface area contributed by atoms with Crippen LogP contribution in [0, 0.1) is 18.4 Å². The third kappa shape index (κ3) is 4.35. The molecule has 0 atom stereocenters. The lowest BCUT2D eigenvalue weighted by Crippen LogP contribution is -2.15. The highest BCUT2D eigenvalue weighted by Gasteiger charge is 2.22. The summed E-state index contributed by atoms with van der Waals surface area (Å²) in [5.41, 5.74) is 6.20. The SMILES string of the molecule is C#CCCCn1c(Cc2cc(OC)c(OC)c(OC)c2)nc2c(C(N)=O)nc(F)nc21. The van der Waals surface area contributed by atoms with Crippen LogP contribution in [-0.2, 0) is 13.0 Å². The molecule has 2 heterocycles. The lowest BCUT2D eigenvalue weighted by molar-refractivity contribution is 0.0995. The third-order valence-corrected chi connectivity index (χ3v) is 4.67. The van der Waals surface area contributed by atoms with E-state index in [1.165, 1.54) is 21.3 Å². The number of nitrogens with two attached hydrogens (primary N) is 1. The maximum Gasteiger partial charge on any atom is 0.311 e. The number of rotatable bonds is 9. The van der Waals surface area contributed by atoms with Crippen LogP contribution in [0.15, 0.2) is 12.1 Å². The summed E-state index contributed by atoms with van der Waals surface area (Å²) in [4.78, 5) is 23.7. The summed E-state index contributed by atoms with van der Waals surface area (Å²) in [7, 11) is 4.56. The van der Waals surface area contributed by atoms with Gasteiger partial charge in [-0.25, -0.2) is 4.98 Å². The number of imidazole rings is 1. The maximum atomic E-state index is 14.0. The number of nitrogens with zero attached hydrogens (tertiary/aromatic N) is 4. The van der Waals surface area contributed by atoms with E-state index in [0.29, 0.717) is 48.9 Å². The van der Waals surface area contributed by atoms with Crippen molar-refractivity contribution in [1.82, 2.24) is 19.5 Å². The van der Waals surface area contributed by atoms with Gasteiger partial charge in [0.25, 0.3) is 5.91 Å². The zero-order chi connectivity index (χ0) is 22.5. The number of unbranched alkanes of at least 4 members (excludes halogenated alkanes) is 1. The van der Waals surface area contributed by atoms with Crippen LogP contribution < -0.4 is 19.9 Å². The fraction of sp³-hybridized carbons (Fsp3) is 0.333. The van der Waals surface area contributed by atoms with Crippen LogP contribution in [0.4, 0.5) is 4.39 Å². The van der Waals surface area contributed by atoms with Gasteiger partial charge in [-0.2, -0.15) is 14.4 Å². The van der Waals surface area contributed by atoms with Crippen molar-refractivity contribution in [3.05, 3.63) is 35.3 Å². The number of carbonyl (C=O) groups is 1. The highest BCUT2D eigenvalue weighted by molar-refractivity contribution is 6.01. The Balaban J connectivity index is 2.15. The third-order valence-electron chi connectivity index (χ3n) is 4.67. The second kappa shape index (κ2) is 9.30. The van der Waals surface area contributed by atoms with Crippen molar-refractivity contribution in [3.63, 3.8) is 0 Å². The first-order chi connectivity index (χ1) is 14.9. The average Bonchev–Trinajstić information content (AvgIpc) is 3.09. The van der Waals surface area contributed by atoms with Gasteiger partial charge in [-0.3, -0.25) is 4.79 Å². The predicted octanol–water partition coefficient (Wildman–Crippen LogP) is 2.09. The van der Waals surface area contributed by atoms with Crippen molar-refractivity contribution >= 4 is 17.1 Å². The number of hydrogen-bond donors (Lipinski definition) is 1. The zero-order valence-electron chi connectivity index (χ0n) is 17.4. The molecule has 0 aliphatic rings. The summed E-state index contributed by atoms with van der Waals surface area (Å²) in [6, 6.07) is 3.57. The lowest BCUT2D eigenvalue weighted by Gasteiger charge is -2.14. The monoisotopic (exact) mass is 427 g/mol. The number of methoxy groups -OCH3 is 3. The zero-order valence-corrected chi connectivity index (χ0v) is 17.4. The predicted molar refractivity (Wildman–Crippen MR) is 111 cm³/mol. The highest BCUT2D eigenvalue weighted by Crippen LogP contribution is 2.38. The summed E-state index contributed by atoms with van der Waals surface area (Å²) in [5.74, 6) is 3.63. The van der Waals surface area contributed by atoms with Crippen molar-refractivity contribution in [1.29, 1.82) is 0 Å². The Bertz CT molecular complexity index is 1140. The maximum absolute atomic E-state index is 14.0. The first-order valence-corrected chi connectivity index (χ1v) is 9.38. The van der Waals surface area contributed by atoms with Gasteiger partial charge in [-0.05, 0) is 24.1 Å². The lowest BCUT2D eigenvalue weighted by atomic mass is 10.1. The molecule has 0 fully saturated rings. The number of terminal acetylenes is 1. The molecule has 3 rings (SSSR count). The van der Waals surface area contributed by atoms with Gasteiger partial charge in [0.2, 0.25) is 5.75 Å². The molecule has 0 aliphatic carbocycles. The van der Waals surface area contributed by atoms with Gasteiger partial charge < -0.3 is 24.5 Å². The van der Waals surface area contributed by atoms with Crippen molar-refractivity contribution in [3.8, 4) is 29.6 Å². The molecule has 0 aliphatic heterocycles. The van der Waals surface area contributed by atoms with Gasteiger partial charge in [-0.15, -0.1) is 12.3 Å². The molecule has 0 saturated carbocycles. The minimum absolute atomic E-state index is 0.136. The summed E-state index contributed by atoms with van der Waals surface area (Å²) >= 11 is 0. The van der Waals surface area contributed by atoms with Gasteiger partial charge in [0, 0.05) is 19.4 Å². The standard InChI is InChI=1S/C21H22FN5O4/c1-5-6-7-8-27-15(24-17-16(19(23)28)25-21(22)26-20(17)27)11-12-9-13(29-2)18(31-4)14(10-12)30-3/h1,9-10H,6-8,11H2,2-4H3,(H2,23,28). The molecule has 2 N–H and O–H groups in total. The first kappa shape index (κ1) is 21.8. The van der Waals surface area contributed by atoms with Crippen molar-refractivity contribution in [2.24, 2.45) is 5.73 Å². The summed E-state index contributed by atoms with van der Waals surface area (Å²) in [5, 5.41) is 0. The van der Waals surface area contributed by atoms with Crippen molar-refractivity contribution in [2.75, 3.05) is 21.3 Å². The molecule has 31 heavy (non-hydrogen) atoms. The van der Waals surface area contributed by atoms with Crippen LogP contribution in [0.2, 0.25) is 0 Å².